The number of ether oxygens (including phenoxy) is 1. The van der Waals surface area contributed by atoms with Crippen LogP contribution in [0.4, 0.5) is 4.39 Å². The molecule has 0 amide bonds. The van der Waals surface area contributed by atoms with Gasteiger partial charge in [-0.25, -0.2) is 4.39 Å². The molecule has 1 aliphatic rings. The van der Waals surface area contributed by atoms with Crippen LogP contribution in [0.3, 0.4) is 0 Å². The maximum atomic E-state index is 13.2. The molecule has 0 aliphatic carbocycles. The largest absolute Gasteiger partial charge is 0.481 e. The molecule has 116 valence electrons. The number of piperidine rings is 1. The molecule has 0 aromatic carbocycles. The molecular weight excluding hydrogens is 275 g/mol. The number of carboxylic acids is 1. The molecule has 1 aromatic rings. The Morgan fingerprint density at radius 1 is 1.52 bits per heavy atom. The Bertz CT molecular complexity index is 476. The fourth-order valence-corrected chi connectivity index (χ4v) is 2.61. The lowest BCUT2D eigenvalue weighted by atomic mass is 10.0. The van der Waals surface area contributed by atoms with E-state index < -0.39 is 5.97 Å². The standard InChI is InChI=1S/C15H21FN2O3/c1-11(12-8-13(16)10-17-9-12)18-5-2-14(3-6-18)21-7-4-15(19)20/h8-11,14H,2-7H2,1H3,(H,19,20). The van der Waals surface area contributed by atoms with Crippen molar-refractivity contribution in [3.05, 3.63) is 29.8 Å². The van der Waals surface area contributed by atoms with Crippen LogP contribution in [0.1, 0.15) is 37.8 Å². The fraction of sp³-hybridized carbons (Fsp3) is 0.600. The van der Waals surface area contributed by atoms with Crippen LogP contribution in [-0.2, 0) is 9.53 Å². The van der Waals surface area contributed by atoms with Crippen molar-refractivity contribution in [3.63, 3.8) is 0 Å². The van der Waals surface area contributed by atoms with E-state index in [9.17, 15) is 9.18 Å². The SMILES string of the molecule is CC(c1cncc(F)c1)N1CCC(OCCC(=O)O)CC1. The number of hydrogen-bond acceptors (Lipinski definition) is 4. The fourth-order valence-electron chi connectivity index (χ4n) is 2.61. The highest BCUT2D eigenvalue weighted by Gasteiger charge is 2.24. The number of carboxylic acid groups (broad SMARTS) is 1. The van der Waals surface area contributed by atoms with Crippen LogP contribution < -0.4 is 0 Å². The normalized spacial score (nSPS) is 18.6. The van der Waals surface area contributed by atoms with E-state index in [2.05, 4.69) is 9.88 Å². The summed E-state index contributed by atoms with van der Waals surface area (Å²) in [5.41, 5.74) is 0.875. The average molecular weight is 296 g/mol. The van der Waals surface area contributed by atoms with Gasteiger partial charge in [-0.1, -0.05) is 0 Å². The van der Waals surface area contributed by atoms with E-state index >= 15 is 0 Å². The Hall–Kier alpha value is -1.53. The van der Waals surface area contributed by atoms with Gasteiger partial charge in [-0.15, -0.1) is 0 Å². The summed E-state index contributed by atoms with van der Waals surface area (Å²) in [5, 5.41) is 8.58. The zero-order valence-electron chi connectivity index (χ0n) is 12.2. The first-order valence-electron chi connectivity index (χ1n) is 7.24. The maximum Gasteiger partial charge on any atom is 0.305 e. The molecule has 6 heteroatoms. The van der Waals surface area contributed by atoms with Crippen molar-refractivity contribution in [2.24, 2.45) is 0 Å². The van der Waals surface area contributed by atoms with E-state index in [0.717, 1.165) is 31.5 Å². The van der Waals surface area contributed by atoms with Gasteiger partial charge in [0.1, 0.15) is 5.82 Å². The summed E-state index contributed by atoms with van der Waals surface area (Å²) < 4.78 is 18.8. The molecule has 1 fully saturated rings. The van der Waals surface area contributed by atoms with Gasteiger partial charge >= 0.3 is 5.97 Å². The number of halogens is 1. The van der Waals surface area contributed by atoms with Crippen molar-refractivity contribution in [2.75, 3.05) is 19.7 Å². The summed E-state index contributed by atoms with van der Waals surface area (Å²) in [6.45, 7) is 4.02. The molecule has 0 spiro atoms. The third-order valence-electron chi connectivity index (χ3n) is 3.90. The molecule has 1 unspecified atom stereocenters. The Labute approximate surface area is 123 Å². The lowest BCUT2D eigenvalue weighted by molar-refractivity contribution is -0.138. The first-order valence-corrected chi connectivity index (χ1v) is 7.24. The third kappa shape index (κ3) is 4.75. The second kappa shape index (κ2) is 7.47. The molecule has 1 aromatic heterocycles. The number of aromatic nitrogens is 1. The smallest absolute Gasteiger partial charge is 0.305 e. The molecule has 2 rings (SSSR count). The molecule has 21 heavy (non-hydrogen) atoms. The van der Waals surface area contributed by atoms with Crippen molar-refractivity contribution in [1.29, 1.82) is 0 Å². The highest BCUT2D eigenvalue weighted by atomic mass is 19.1. The predicted octanol–water partition coefficient (Wildman–Crippen LogP) is 2.24. The summed E-state index contributed by atoms with van der Waals surface area (Å²) >= 11 is 0. The number of hydrogen-bond donors (Lipinski definition) is 1. The van der Waals surface area contributed by atoms with Gasteiger partial charge in [0.2, 0.25) is 0 Å². The minimum atomic E-state index is -0.834. The van der Waals surface area contributed by atoms with E-state index in [4.69, 9.17) is 9.84 Å². The Balaban J connectivity index is 1.79. The van der Waals surface area contributed by atoms with Crippen molar-refractivity contribution >= 4 is 5.97 Å². The average Bonchev–Trinajstić information content (AvgIpc) is 2.47. The quantitative estimate of drug-likeness (QED) is 0.872. The second-order valence-corrected chi connectivity index (χ2v) is 5.36. The minimum absolute atomic E-state index is 0.0472. The molecule has 1 aliphatic heterocycles. The Morgan fingerprint density at radius 2 is 2.24 bits per heavy atom. The van der Waals surface area contributed by atoms with Crippen LogP contribution in [-0.4, -0.2) is 46.8 Å². The molecule has 5 nitrogen and oxygen atoms in total. The van der Waals surface area contributed by atoms with Gasteiger partial charge in [0, 0.05) is 25.3 Å². The first kappa shape index (κ1) is 15.9. The highest BCUT2D eigenvalue weighted by Crippen LogP contribution is 2.25. The Morgan fingerprint density at radius 3 is 2.86 bits per heavy atom. The predicted molar refractivity (Wildman–Crippen MR) is 75.4 cm³/mol. The van der Waals surface area contributed by atoms with Gasteiger partial charge in [0.25, 0.3) is 0 Å². The van der Waals surface area contributed by atoms with E-state index in [-0.39, 0.29) is 31.0 Å². The van der Waals surface area contributed by atoms with Crippen molar-refractivity contribution < 1.29 is 19.0 Å². The lowest BCUT2D eigenvalue weighted by Gasteiger charge is -2.36. The van der Waals surface area contributed by atoms with Crippen molar-refractivity contribution in [1.82, 2.24) is 9.88 Å². The zero-order valence-corrected chi connectivity index (χ0v) is 12.2. The van der Waals surface area contributed by atoms with Gasteiger partial charge in [0.15, 0.2) is 0 Å². The molecule has 1 N–H and O–H groups in total. The molecule has 2 heterocycles. The van der Waals surface area contributed by atoms with Gasteiger partial charge in [-0.05, 0) is 31.4 Å². The minimum Gasteiger partial charge on any atom is -0.481 e. The van der Waals surface area contributed by atoms with Gasteiger partial charge in [-0.3, -0.25) is 14.7 Å². The van der Waals surface area contributed by atoms with E-state index in [1.165, 1.54) is 12.3 Å². The number of aliphatic carboxylic acids is 1. The topological polar surface area (TPSA) is 62.7 Å². The summed E-state index contributed by atoms with van der Waals surface area (Å²) in [6, 6.07) is 1.64. The molecule has 0 radical (unpaired) electrons. The van der Waals surface area contributed by atoms with Crippen LogP contribution in [0.2, 0.25) is 0 Å². The lowest BCUT2D eigenvalue weighted by Crippen LogP contribution is -2.38. The molecule has 1 atom stereocenters. The van der Waals surface area contributed by atoms with E-state index in [0.29, 0.717) is 0 Å². The summed E-state index contributed by atoms with van der Waals surface area (Å²) in [6.07, 6.45) is 4.81. The van der Waals surface area contributed by atoms with Crippen LogP contribution in [0.15, 0.2) is 18.5 Å². The number of rotatable bonds is 6. The second-order valence-electron chi connectivity index (χ2n) is 5.36. The highest BCUT2D eigenvalue weighted by molar-refractivity contribution is 5.66. The maximum absolute atomic E-state index is 13.2. The van der Waals surface area contributed by atoms with Crippen molar-refractivity contribution in [2.45, 2.75) is 38.3 Å². The molecular formula is C15H21FN2O3. The molecule has 0 saturated carbocycles. The number of carbonyl (C=O) groups is 1. The number of nitrogens with zero attached hydrogens (tertiary/aromatic N) is 2. The van der Waals surface area contributed by atoms with Gasteiger partial charge in [0.05, 0.1) is 25.3 Å². The van der Waals surface area contributed by atoms with E-state index in [1.807, 2.05) is 6.92 Å². The molecule has 1 saturated heterocycles. The summed E-state index contributed by atoms with van der Waals surface area (Å²) in [7, 11) is 0. The summed E-state index contributed by atoms with van der Waals surface area (Å²) in [4.78, 5) is 16.6. The van der Waals surface area contributed by atoms with Crippen LogP contribution in [0, 0.1) is 5.82 Å². The molecule has 0 bridgehead atoms. The van der Waals surface area contributed by atoms with Gasteiger partial charge in [-0.2, -0.15) is 0 Å². The van der Waals surface area contributed by atoms with Crippen LogP contribution in [0.5, 0.6) is 0 Å². The third-order valence-corrected chi connectivity index (χ3v) is 3.90. The van der Waals surface area contributed by atoms with Crippen LogP contribution in [0.25, 0.3) is 0 Å². The van der Waals surface area contributed by atoms with E-state index in [1.54, 1.807) is 6.20 Å². The van der Waals surface area contributed by atoms with Gasteiger partial charge < -0.3 is 9.84 Å². The zero-order chi connectivity index (χ0) is 15.2. The Kier molecular flexibility index (Phi) is 5.64. The first-order chi connectivity index (χ1) is 10.1. The summed E-state index contributed by atoms with van der Waals surface area (Å²) in [5.74, 6) is -1.15. The number of likely N-dealkylation sites (tertiary alicyclic amines) is 1. The number of pyridine rings is 1. The van der Waals surface area contributed by atoms with Crippen molar-refractivity contribution in [3.8, 4) is 0 Å². The van der Waals surface area contributed by atoms with Crippen LogP contribution >= 0.6 is 0 Å². The monoisotopic (exact) mass is 296 g/mol.